The van der Waals surface area contributed by atoms with Gasteiger partial charge in [0.2, 0.25) is 0 Å². The van der Waals surface area contributed by atoms with E-state index in [9.17, 15) is 0 Å². The van der Waals surface area contributed by atoms with E-state index in [1.165, 1.54) is 0 Å². The second-order valence-corrected chi connectivity index (χ2v) is 4.46. The molecule has 1 rings (SSSR count). The van der Waals surface area contributed by atoms with Gasteiger partial charge in [-0.1, -0.05) is 18.5 Å². The topological polar surface area (TPSA) is 59.0 Å². The minimum absolute atomic E-state index is 0.364. The SMILES string of the molecule is CCC(C)(N)COc1ccc(C#N)cc1Cl. The molecule has 0 fully saturated rings. The first-order chi connectivity index (χ1) is 7.48. The summed E-state index contributed by atoms with van der Waals surface area (Å²) in [6, 6.07) is 6.95. The molecule has 0 bridgehead atoms. The molecule has 2 N–H and O–H groups in total. The van der Waals surface area contributed by atoms with Crippen molar-refractivity contribution in [3.05, 3.63) is 28.8 Å². The Labute approximate surface area is 101 Å². The third-order valence-electron chi connectivity index (χ3n) is 2.43. The Morgan fingerprint density at radius 2 is 2.25 bits per heavy atom. The predicted octanol–water partition coefficient (Wildman–Crippen LogP) is 2.72. The third-order valence-corrected chi connectivity index (χ3v) is 2.72. The lowest BCUT2D eigenvalue weighted by atomic mass is 10.0. The average Bonchev–Trinajstić information content (AvgIpc) is 2.27. The first-order valence-corrected chi connectivity index (χ1v) is 5.47. The third kappa shape index (κ3) is 3.41. The van der Waals surface area contributed by atoms with Crippen molar-refractivity contribution in [3.8, 4) is 11.8 Å². The second-order valence-electron chi connectivity index (χ2n) is 4.05. The molecule has 1 aromatic rings. The number of nitrogens with two attached hydrogens (primary N) is 1. The van der Waals surface area contributed by atoms with E-state index in [1.54, 1.807) is 18.2 Å². The number of nitriles is 1. The van der Waals surface area contributed by atoms with Gasteiger partial charge in [-0.3, -0.25) is 0 Å². The zero-order chi connectivity index (χ0) is 12.2. The zero-order valence-corrected chi connectivity index (χ0v) is 10.2. The summed E-state index contributed by atoms with van der Waals surface area (Å²) in [7, 11) is 0. The molecule has 0 saturated carbocycles. The summed E-state index contributed by atoms with van der Waals surface area (Å²) >= 11 is 5.96. The van der Waals surface area contributed by atoms with Crippen molar-refractivity contribution < 1.29 is 4.74 Å². The number of hydrogen-bond donors (Lipinski definition) is 1. The Morgan fingerprint density at radius 1 is 1.56 bits per heavy atom. The molecule has 0 radical (unpaired) electrons. The van der Waals surface area contributed by atoms with Gasteiger partial charge in [-0.25, -0.2) is 0 Å². The Bertz CT molecular complexity index is 410. The fourth-order valence-corrected chi connectivity index (χ4v) is 1.27. The lowest BCUT2D eigenvalue weighted by molar-refractivity contribution is 0.226. The van der Waals surface area contributed by atoms with Gasteiger partial charge in [0.25, 0.3) is 0 Å². The van der Waals surface area contributed by atoms with Crippen LogP contribution in [0, 0.1) is 11.3 Å². The van der Waals surface area contributed by atoms with E-state index in [0.29, 0.717) is 22.9 Å². The second kappa shape index (κ2) is 5.20. The van der Waals surface area contributed by atoms with Gasteiger partial charge in [-0.15, -0.1) is 0 Å². The standard InChI is InChI=1S/C12H15ClN2O/c1-3-12(2,15)8-16-11-5-4-9(7-14)6-10(11)13/h4-6H,3,8,15H2,1-2H3. The first kappa shape index (κ1) is 12.8. The summed E-state index contributed by atoms with van der Waals surface area (Å²) in [6.07, 6.45) is 0.820. The van der Waals surface area contributed by atoms with Crippen LogP contribution in [0.15, 0.2) is 18.2 Å². The highest BCUT2D eigenvalue weighted by molar-refractivity contribution is 6.32. The fraction of sp³-hybridized carbons (Fsp3) is 0.417. The number of rotatable bonds is 4. The molecule has 0 aliphatic rings. The van der Waals surface area contributed by atoms with Crippen molar-refractivity contribution in [1.29, 1.82) is 5.26 Å². The number of halogens is 1. The fourth-order valence-electron chi connectivity index (χ4n) is 1.03. The number of ether oxygens (including phenoxy) is 1. The first-order valence-electron chi connectivity index (χ1n) is 5.10. The summed E-state index contributed by atoms with van der Waals surface area (Å²) in [6.45, 7) is 4.32. The summed E-state index contributed by atoms with van der Waals surface area (Å²) in [5.41, 5.74) is 6.10. The number of benzene rings is 1. The monoisotopic (exact) mass is 238 g/mol. The van der Waals surface area contributed by atoms with Crippen molar-refractivity contribution in [2.45, 2.75) is 25.8 Å². The molecule has 0 amide bonds. The smallest absolute Gasteiger partial charge is 0.138 e. The van der Waals surface area contributed by atoms with Crippen LogP contribution in [0.3, 0.4) is 0 Å². The number of nitrogens with zero attached hydrogens (tertiary/aromatic N) is 1. The molecular weight excluding hydrogens is 224 g/mol. The van der Waals surface area contributed by atoms with Crippen molar-refractivity contribution >= 4 is 11.6 Å². The predicted molar refractivity (Wildman–Crippen MR) is 64.5 cm³/mol. The zero-order valence-electron chi connectivity index (χ0n) is 9.46. The summed E-state index contributed by atoms with van der Waals surface area (Å²) < 4.78 is 5.53. The van der Waals surface area contributed by atoms with E-state index in [4.69, 9.17) is 27.3 Å². The van der Waals surface area contributed by atoms with Crippen LogP contribution in [0.25, 0.3) is 0 Å². The van der Waals surface area contributed by atoms with E-state index in [-0.39, 0.29) is 5.54 Å². The molecule has 0 spiro atoms. The molecule has 0 heterocycles. The largest absolute Gasteiger partial charge is 0.490 e. The maximum absolute atomic E-state index is 8.68. The van der Waals surface area contributed by atoms with Gasteiger partial charge < -0.3 is 10.5 Å². The molecular formula is C12H15ClN2O. The Hall–Kier alpha value is -1.24. The van der Waals surface area contributed by atoms with Crippen molar-refractivity contribution in [2.75, 3.05) is 6.61 Å². The highest BCUT2D eigenvalue weighted by atomic mass is 35.5. The maximum atomic E-state index is 8.68. The molecule has 0 aromatic heterocycles. The Morgan fingerprint density at radius 3 is 2.75 bits per heavy atom. The van der Waals surface area contributed by atoms with Gasteiger partial charge in [0.1, 0.15) is 12.4 Å². The minimum Gasteiger partial charge on any atom is -0.490 e. The summed E-state index contributed by atoms with van der Waals surface area (Å²) in [4.78, 5) is 0. The van der Waals surface area contributed by atoms with Gasteiger partial charge in [-0.05, 0) is 31.5 Å². The van der Waals surface area contributed by atoms with Crippen molar-refractivity contribution in [1.82, 2.24) is 0 Å². The highest BCUT2D eigenvalue weighted by Crippen LogP contribution is 2.26. The van der Waals surface area contributed by atoms with Gasteiger partial charge >= 0.3 is 0 Å². The van der Waals surface area contributed by atoms with Crippen molar-refractivity contribution in [3.63, 3.8) is 0 Å². The normalized spacial score (nSPS) is 13.9. The van der Waals surface area contributed by atoms with E-state index in [2.05, 4.69) is 0 Å². The van der Waals surface area contributed by atoms with E-state index < -0.39 is 0 Å². The Balaban J connectivity index is 2.73. The van der Waals surface area contributed by atoms with Gasteiger partial charge in [0.15, 0.2) is 0 Å². The summed E-state index contributed by atoms with van der Waals surface area (Å²) in [5, 5.41) is 9.12. The molecule has 0 aliphatic heterocycles. The Kier molecular flexibility index (Phi) is 4.17. The molecule has 0 aliphatic carbocycles. The maximum Gasteiger partial charge on any atom is 0.138 e. The van der Waals surface area contributed by atoms with E-state index >= 15 is 0 Å². The van der Waals surface area contributed by atoms with Crippen LogP contribution >= 0.6 is 11.6 Å². The van der Waals surface area contributed by atoms with Crippen LogP contribution in [0.5, 0.6) is 5.75 Å². The number of hydrogen-bond acceptors (Lipinski definition) is 3. The minimum atomic E-state index is -0.364. The molecule has 1 atom stereocenters. The molecule has 4 heteroatoms. The van der Waals surface area contributed by atoms with Crippen LogP contribution in [-0.2, 0) is 0 Å². The quantitative estimate of drug-likeness (QED) is 0.878. The average molecular weight is 239 g/mol. The molecule has 16 heavy (non-hydrogen) atoms. The van der Waals surface area contributed by atoms with E-state index in [1.807, 2.05) is 19.9 Å². The molecule has 86 valence electrons. The molecule has 3 nitrogen and oxygen atoms in total. The molecule has 0 saturated heterocycles. The van der Waals surface area contributed by atoms with Crippen LogP contribution in [0.2, 0.25) is 5.02 Å². The molecule has 1 unspecified atom stereocenters. The van der Waals surface area contributed by atoms with Crippen molar-refractivity contribution in [2.24, 2.45) is 5.73 Å². The highest BCUT2D eigenvalue weighted by Gasteiger charge is 2.17. The van der Waals surface area contributed by atoms with Gasteiger partial charge in [-0.2, -0.15) is 5.26 Å². The van der Waals surface area contributed by atoms with Crippen LogP contribution in [0.1, 0.15) is 25.8 Å². The van der Waals surface area contributed by atoms with Gasteiger partial charge in [0, 0.05) is 5.54 Å². The summed E-state index contributed by atoms with van der Waals surface area (Å²) in [5.74, 6) is 0.561. The lowest BCUT2D eigenvalue weighted by Crippen LogP contribution is -2.41. The van der Waals surface area contributed by atoms with Crippen LogP contribution in [-0.4, -0.2) is 12.1 Å². The van der Waals surface area contributed by atoms with Gasteiger partial charge in [0.05, 0.1) is 16.7 Å². The van der Waals surface area contributed by atoms with E-state index in [0.717, 1.165) is 6.42 Å². The van der Waals surface area contributed by atoms with Crippen LogP contribution in [0.4, 0.5) is 0 Å². The lowest BCUT2D eigenvalue weighted by Gasteiger charge is -2.23. The van der Waals surface area contributed by atoms with Crippen LogP contribution < -0.4 is 10.5 Å². The molecule has 1 aromatic carbocycles.